The minimum atomic E-state index is -1.25. The Kier molecular flexibility index (Phi) is 5.82. The van der Waals surface area contributed by atoms with Gasteiger partial charge in [0, 0.05) is 18.7 Å². The van der Waals surface area contributed by atoms with Crippen molar-refractivity contribution in [2.45, 2.75) is 6.10 Å². The fourth-order valence-corrected chi connectivity index (χ4v) is 1.95. The molecule has 2 amide bonds. The van der Waals surface area contributed by atoms with E-state index in [9.17, 15) is 19.1 Å². The van der Waals surface area contributed by atoms with Gasteiger partial charge in [-0.15, -0.1) is 0 Å². The monoisotopic (exact) mass is 316 g/mol. The molecule has 5 nitrogen and oxygen atoms in total. The molecular formula is C17H17FN2O3. The molecule has 3 N–H and O–H groups in total. The number of aliphatic hydroxyl groups is 1. The topological polar surface area (TPSA) is 78.4 Å². The van der Waals surface area contributed by atoms with E-state index in [4.69, 9.17) is 0 Å². The Hall–Kier alpha value is -2.73. The number of halogens is 1. The zero-order chi connectivity index (χ0) is 16.7. The summed E-state index contributed by atoms with van der Waals surface area (Å²) in [7, 11) is 0. The maximum absolute atomic E-state index is 12.8. The summed E-state index contributed by atoms with van der Waals surface area (Å²) in [4.78, 5) is 23.5. The molecule has 2 aromatic rings. The number of aliphatic hydroxyl groups excluding tert-OH is 1. The van der Waals surface area contributed by atoms with Gasteiger partial charge in [-0.05, 0) is 29.8 Å². The highest BCUT2D eigenvalue weighted by molar-refractivity contribution is 5.94. The molecule has 0 saturated heterocycles. The molecule has 0 bridgehead atoms. The van der Waals surface area contributed by atoms with Gasteiger partial charge in [-0.1, -0.05) is 30.3 Å². The SMILES string of the molecule is O=C(NCCNC(=O)C(O)c1ccccc1)c1ccc(F)cc1. The summed E-state index contributed by atoms with van der Waals surface area (Å²) in [5.74, 6) is -1.31. The lowest BCUT2D eigenvalue weighted by molar-refractivity contribution is -0.129. The number of nitrogens with one attached hydrogen (secondary N) is 2. The van der Waals surface area contributed by atoms with Crippen LogP contribution in [-0.2, 0) is 4.79 Å². The minimum absolute atomic E-state index is 0.176. The van der Waals surface area contributed by atoms with Crippen molar-refractivity contribution in [2.75, 3.05) is 13.1 Å². The molecule has 0 radical (unpaired) electrons. The first-order chi connectivity index (χ1) is 11.1. The van der Waals surface area contributed by atoms with E-state index >= 15 is 0 Å². The molecule has 0 saturated carbocycles. The van der Waals surface area contributed by atoms with Crippen LogP contribution < -0.4 is 10.6 Å². The van der Waals surface area contributed by atoms with Gasteiger partial charge in [0.05, 0.1) is 0 Å². The quantitative estimate of drug-likeness (QED) is 0.705. The van der Waals surface area contributed by atoms with Gasteiger partial charge in [0.2, 0.25) is 0 Å². The fraction of sp³-hybridized carbons (Fsp3) is 0.176. The van der Waals surface area contributed by atoms with Gasteiger partial charge in [0.1, 0.15) is 5.82 Å². The minimum Gasteiger partial charge on any atom is -0.378 e. The number of hydrogen-bond acceptors (Lipinski definition) is 3. The molecule has 0 aliphatic rings. The van der Waals surface area contributed by atoms with Crippen molar-refractivity contribution in [3.8, 4) is 0 Å². The Morgan fingerprint density at radius 3 is 2.22 bits per heavy atom. The van der Waals surface area contributed by atoms with Gasteiger partial charge in [0.15, 0.2) is 6.10 Å². The molecule has 0 heterocycles. The molecule has 0 aliphatic heterocycles. The normalized spacial score (nSPS) is 11.6. The number of carbonyl (C=O) groups is 2. The second-order valence-corrected chi connectivity index (χ2v) is 4.87. The third-order valence-corrected chi connectivity index (χ3v) is 3.18. The number of rotatable bonds is 6. The van der Waals surface area contributed by atoms with Crippen molar-refractivity contribution < 1.29 is 19.1 Å². The highest BCUT2D eigenvalue weighted by Crippen LogP contribution is 2.11. The second kappa shape index (κ2) is 8.05. The molecule has 23 heavy (non-hydrogen) atoms. The van der Waals surface area contributed by atoms with E-state index < -0.39 is 17.8 Å². The standard InChI is InChI=1S/C17H17FN2O3/c18-14-8-6-13(7-9-14)16(22)19-10-11-20-17(23)15(21)12-4-2-1-3-5-12/h1-9,15,21H,10-11H2,(H,19,22)(H,20,23). The van der Waals surface area contributed by atoms with Crippen molar-refractivity contribution in [1.82, 2.24) is 10.6 Å². The molecule has 1 unspecified atom stereocenters. The van der Waals surface area contributed by atoms with E-state index in [1.165, 1.54) is 24.3 Å². The van der Waals surface area contributed by atoms with E-state index in [1.54, 1.807) is 30.3 Å². The van der Waals surface area contributed by atoms with E-state index in [0.717, 1.165) is 0 Å². The van der Waals surface area contributed by atoms with Crippen LogP contribution in [0.1, 0.15) is 22.0 Å². The summed E-state index contributed by atoms with van der Waals surface area (Å²) in [6.07, 6.45) is -1.25. The lowest BCUT2D eigenvalue weighted by Crippen LogP contribution is -2.36. The van der Waals surface area contributed by atoms with Gasteiger partial charge in [-0.2, -0.15) is 0 Å². The van der Waals surface area contributed by atoms with Gasteiger partial charge in [-0.25, -0.2) is 4.39 Å². The smallest absolute Gasteiger partial charge is 0.253 e. The van der Waals surface area contributed by atoms with Crippen LogP contribution in [0.25, 0.3) is 0 Å². The lowest BCUT2D eigenvalue weighted by Gasteiger charge is -2.12. The first-order valence-electron chi connectivity index (χ1n) is 7.12. The van der Waals surface area contributed by atoms with Crippen LogP contribution in [0.5, 0.6) is 0 Å². The van der Waals surface area contributed by atoms with Gasteiger partial charge in [0.25, 0.3) is 11.8 Å². The number of hydrogen-bond donors (Lipinski definition) is 3. The first-order valence-corrected chi connectivity index (χ1v) is 7.12. The van der Waals surface area contributed by atoms with Crippen molar-refractivity contribution in [3.63, 3.8) is 0 Å². The van der Waals surface area contributed by atoms with Crippen molar-refractivity contribution in [3.05, 3.63) is 71.5 Å². The van der Waals surface area contributed by atoms with Gasteiger partial charge >= 0.3 is 0 Å². The van der Waals surface area contributed by atoms with Gasteiger partial charge < -0.3 is 15.7 Å². The summed E-state index contributed by atoms with van der Waals surface area (Å²) < 4.78 is 12.8. The first kappa shape index (κ1) is 16.6. The molecule has 1 atom stereocenters. The van der Waals surface area contributed by atoms with Crippen LogP contribution in [0.3, 0.4) is 0 Å². The average molecular weight is 316 g/mol. The third-order valence-electron chi connectivity index (χ3n) is 3.18. The largest absolute Gasteiger partial charge is 0.378 e. The Balaban J connectivity index is 1.73. The number of amides is 2. The summed E-state index contributed by atoms with van der Waals surface area (Å²) in [6.45, 7) is 0.374. The summed E-state index contributed by atoms with van der Waals surface area (Å²) in [5, 5.41) is 15.0. The predicted octanol–water partition coefficient (Wildman–Crippen LogP) is 1.41. The molecular weight excluding hydrogens is 299 g/mol. The molecule has 0 fully saturated rings. The second-order valence-electron chi connectivity index (χ2n) is 4.87. The Labute approximate surface area is 133 Å². The highest BCUT2D eigenvalue weighted by Gasteiger charge is 2.16. The van der Waals surface area contributed by atoms with Crippen LogP contribution in [0.2, 0.25) is 0 Å². The van der Waals surface area contributed by atoms with Crippen LogP contribution in [0.4, 0.5) is 4.39 Å². The van der Waals surface area contributed by atoms with Crippen LogP contribution in [0, 0.1) is 5.82 Å². The zero-order valence-corrected chi connectivity index (χ0v) is 12.3. The van der Waals surface area contributed by atoms with E-state index in [1.807, 2.05) is 0 Å². The Bertz CT molecular complexity index is 659. The van der Waals surface area contributed by atoms with E-state index in [2.05, 4.69) is 10.6 Å². The fourth-order valence-electron chi connectivity index (χ4n) is 1.95. The molecule has 2 rings (SSSR count). The van der Waals surface area contributed by atoms with Crippen LogP contribution in [-0.4, -0.2) is 30.0 Å². The molecule has 0 aliphatic carbocycles. The van der Waals surface area contributed by atoms with Crippen molar-refractivity contribution in [1.29, 1.82) is 0 Å². The van der Waals surface area contributed by atoms with Crippen LogP contribution in [0.15, 0.2) is 54.6 Å². The van der Waals surface area contributed by atoms with Crippen molar-refractivity contribution >= 4 is 11.8 Å². The zero-order valence-electron chi connectivity index (χ0n) is 12.3. The molecule has 6 heteroatoms. The molecule has 120 valence electrons. The van der Waals surface area contributed by atoms with Gasteiger partial charge in [-0.3, -0.25) is 9.59 Å². The maximum atomic E-state index is 12.8. The van der Waals surface area contributed by atoms with Crippen LogP contribution >= 0.6 is 0 Å². The highest BCUT2D eigenvalue weighted by atomic mass is 19.1. The average Bonchev–Trinajstić information content (AvgIpc) is 2.59. The van der Waals surface area contributed by atoms with E-state index in [0.29, 0.717) is 11.1 Å². The number of carbonyl (C=O) groups excluding carboxylic acids is 2. The maximum Gasteiger partial charge on any atom is 0.253 e. The summed E-state index contributed by atoms with van der Waals surface area (Å²) in [5.41, 5.74) is 0.836. The number of benzene rings is 2. The molecule has 0 aromatic heterocycles. The van der Waals surface area contributed by atoms with E-state index in [-0.39, 0.29) is 19.0 Å². The third kappa shape index (κ3) is 4.89. The summed E-state index contributed by atoms with van der Waals surface area (Å²) >= 11 is 0. The Morgan fingerprint density at radius 2 is 1.57 bits per heavy atom. The molecule has 2 aromatic carbocycles. The Morgan fingerprint density at radius 1 is 0.957 bits per heavy atom. The summed E-state index contributed by atoms with van der Waals surface area (Å²) in [6, 6.07) is 13.7. The lowest BCUT2D eigenvalue weighted by atomic mass is 10.1. The predicted molar refractivity (Wildman–Crippen MR) is 83.1 cm³/mol. The van der Waals surface area contributed by atoms with Crippen molar-refractivity contribution in [2.24, 2.45) is 0 Å². The molecule has 0 spiro atoms.